The summed E-state index contributed by atoms with van der Waals surface area (Å²) < 4.78 is 0. The lowest BCUT2D eigenvalue weighted by molar-refractivity contribution is -0.133. The van der Waals surface area contributed by atoms with Gasteiger partial charge in [-0.1, -0.05) is 30.3 Å². The zero-order chi connectivity index (χ0) is 20.0. The number of carbonyl (C=O) groups excluding carboxylic acids is 2. The van der Waals surface area contributed by atoms with Gasteiger partial charge in [-0.3, -0.25) is 9.59 Å². The van der Waals surface area contributed by atoms with E-state index in [1.165, 1.54) is 11.8 Å². The van der Waals surface area contributed by atoms with Crippen LogP contribution in [0, 0.1) is 0 Å². The molecule has 0 unspecified atom stereocenters. The van der Waals surface area contributed by atoms with E-state index in [4.69, 9.17) is 0 Å². The Morgan fingerprint density at radius 1 is 0.889 bits per heavy atom. The van der Waals surface area contributed by atoms with Crippen LogP contribution in [0.2, 0.25) is 0 Å². The molecule has 0 N–H and O–H groups in total. The highest BCUT2D eigenvalue weighted by Gasteiger charge is 2.22. The van der Waals surface area contributed by atoms with E-state index in [1.54, 1.807) is 4.90 Å². The Kier molecular flexibility index (Phi) is 6.99. The monoisotopic (exact) mass is 367 g/mol. The Labute approximate surface area is 162 Å². The number of hydrogen-bond donors (Lipinski definition) is 0. The first-order valence-corrected chi connectivity index (χ1v) is 9.18. The third kappa shape index (κ3) is 5.58. The second-order valence-electron chi connectivity index (χ2n) is 7.12. The average molecular weight is 367 g/mol. The summed E-state index contributed by atoms with van der Waals surface area (Å²) in [5.41, 5.74) is 2.84. The van der Waals surface area contributed by atoms with E-state index in [-0.39, 0.29) is 24.4 Å². The van der Waals surface area contributed by atoms with E-state index >= 15 is 0 Å². The second kappa shape index (κ2) is 9.21. The van der Waals surface area contributed by atoms with Gasteiger partial charge in [-0.05, 0) is 43.7 Å². The zero-order valence-electron chi connectivity index (χ0n) is 16.8. The lowest BCUT2D eigenvalue weighted by atomic mass is 10.2. The molecule has 144 valence electrons. The van der Waals surface area contributed by atoms with Crippen molar-refractivity contribution >= 4 is 23.2 Å². The molecule has 0 spiro atoms. The fourth-order valence-corrected chi connectivity index (χ4v) is 2.88. The van der Waals surface area contributed by atoms with E-state index in [0.29, 0.717) is 6.54 Å². The van der Waals surface area contributed by atoms with Crippen LogP contribution < -0.4 is 9.80 Å². The van der Waals surface area contributed by atoms with Crippen LogP contribution in [0.15, 0.2) is 54.6 Å². The summed E-state index contributed by atoms with van der Waals surface area (Å²) in [6.07, 6.45) is 0. The molecule has 0 radical (unpaired) electrons. The first kappa shape index (κ1) is 20.5. The predicted molar refractivity (Wildman–Crippen MR) is 111 cm³/mol. The highest BCUT2D eigenvalue weighted by Crippen LogP contribution is 2.20. The molecular weight excluding hydrogens is 338 g/mol. The minimum Gasteiger partial charge on any atom is -0.378 e. The Bertz CT molecular complexity index is 755. The topological polar surface area (TPSA) is 43.9 Å². The van der Waals surface area contributed by atoms with E-state index in [1.807, 2.05) is 87.4 Å². The molecule has 0 atom stereocenters. The molecule has 2 amide bonds. The van der Waals surface area contributed by atoms with Gasteiger partial charge in [-0.2, -0.15) is 0 Å². The molecule has 5 nitrogen and oxygen atoms in total. The number of nitrogens with zero attached hydrogens (tertiary/aromatic N) is 3. The lowest BCUT2D eigenvalue weighted by Gasteiger charge is -2.30. The van der Waals surface area contributed by atoms with Crippen molar-refractivity contribution in [2.24, 2.45) is 0 Å². The highest BCUT2D eigenvalue weighted by atomic mass is 16.2. The predicted octanol–water partition coefficient (Wildman–Crippen LogP) is 3.54. The molecule has 2 rings (SSSR count). The number of amides is 2. The third-order valence-corrected chi connectivity index (χ3v) is 4.49. The van der Waals surface area contributed by atoms with E-state index < -0.39 is 0 Å². The molecule has 2 aromatic rings. The number of hydrogen-bond acceptors (Lipinski definition) is 3. The van der Waals surface area contributed by atoms with Crippen LogP contribution in [-0.2, 0) is 16.1 Å². The largest absolute Gasteiger partial charge is 0.378 e. The Morgan fingerprint density at radius 2 is 1.44 bits per heavy atom. The second-order valence-corrected chi connectivity index (χ2v) is 7.12. The first-order chi connectivity index (χ1) is 12.8. The van der Waals surface area contributed by atoms with Crippen molar-refractivity contribution in [1.82, 2.24) is 4.90 Å². The summed E-state index contributed by atoms with van der Waals surface area (Å²) in [7, 11) is 3.93. The van der Waals surface area contributed by atoms with Gasteiger partial charge in [0, 0.05) is 45.0 Å². The maximum atomic E-state index is 13.0. The summed E-state index contributed by atoms with van der Waals surface area (Å²) in [6, 6.07) is 17.6. The molecule has 0 aliphatic rings. The van der Waals surface area contributed by atoms with E-state index in [2.05, 4.69) is 0 Å². The van der Waals surface area contributed by atoms with Gasteiger partial charge in [0.1, 0.15) is 6.54 Å². The molecular formula is C22H29N3O2. The first-order valence-electron chi connectivity index (χ1n) is 9.18. The maximum Gasteiger partial charge on any atom is 0.243 e. The Morgan fingerprint density at radius 3 is 1.93 bits per heavy atom. The molecule has 2 aromatic carbocycles. The van der Waals surface area contributed by atoms with Crippen molar-refractivity contribution in [3.63, 3.8) is 0 Å². The molecule has 0 bridgehead atoms. The summed E-state index contributed by atoms with van der Waals surface area (Å²) in [4.78, 5) is 30.5. The van der Waals surface area contributed by atoms with Gasteiger partial charge in [-0.15, -0.1) is 0 Å². The molecule has 27 heavy (non-hydrogen) atoms. The normalized spacial score (nSPS) is 10.6. The van der Waals surface area contributed by atoms with Crippen molar-refractivity contribution in [2.75, 3.05) is 30.4 Å². The number of anilines is 2. The van der Waals surface area contributed by atoms with Gasteiger partial charge in [0.25, 0.3) is 0 Å². The molecule has 0 saturated carbocycles. The smallest absolute Gasteiger partial charge is 0.243 e. The summed E-state index contributed by atoms with van der Waals surface area (Å²) in [5.74, 6) is -0.217. The Balaban J connectivity index is 2.17. The van der Waals surface area contributed by atoms with Gasteiger partial charge < -0.3 is 14.7 Å². The molecule has 0 aliphatic heterocycles. The fraction of sp³-hybridized carbons (Fsp3) is 0.364. The van der Waals surface area contributed by atoms with Crippen LogP contribution in [0.1, 0.15) is 26.3 Å². The standard InChI is InChI=1S/C22H29N3O2/c1-17(2)24(15-19-9-7-6-8-10-19)22(27)16-25(18(3)26)21-13-11-20(12-14-21)23(4)5/h6-14,17H,15-16H2,1-5H3. The van der Waals surface area contributed by atoms with E-state index in [0.717, 1.165) is 16.9 Å². The quantitative estimate of drug-likeness (QED) is 0.752. The third-order valence-electron chi connectivity index (χ3n) is 4.49. The summed E-state index contributed by atoms with van der Waals surface area (Å²) in [6.45, 7) is 6.03. The van der Waals surface area contributed by atoms with Gasteiger partial charge in [0.15, 0.2) is 0 Å². The summed E-state index contributed by atoms with van der Waals surface area (Å²) >= 11 is 0. The fourth-order valence-electron chi connectivity index (χ4n) is 2.88. The van der Waals surface area contributed by atoms with Crippen LogP contribution in [0.4, 0.5) is 11.4 Å². The molecule has 0 heterocycles. The molecule has 0 fully saturated rings. The maximum absolute atomic E-state index is 13.0. The van der Waals surface area contributed by atoms with Gasteiger partial charge >= 0.3 is 0 Å². The van der Waals surface area contributed by atoms with Crippen molar-refractivity contribution in [2.45, 2.75) is 33.4 Å². The van der Waals surface area contributed by atoms with Gasteiger partial charge in [0.05, 0.1) is 0 Å². The molecule has 0 saturated heterocycles. The van der Waals surface area contributed by atoms with Crippen molar-refractivity contribution in [3.05, 3.63) is 60.2 Å². The number of rotatable bonds is 7. The van der Waals surface area contributed by atoms with Crippen LogP contribution >= 0.6 is 0 Å². The Hall–Kier alpha value is -2.82. The molecule has 0 aromatic heterocycles. The SMILES string of the molecule is CC(=O)N(CC(=O)N(Cc1ccccc1)C(C)C)c1ccc(N(C)C)cc1. The molecule has 5 heteroatoms. The summed E-state index contributed by atoms with van der Waals surface area (Å²) in [5, 5.41) is 0. The van der Waals surface area contributed by atoms with Crippen LogP contribution in [0.5, 0.6) is 0 Å². The van der Waals surface area contributed by atoms with Crippen LogP contribution in [0.3, 0.4) is 0 Å². The van der Waals surface area contributed by atoms with Crippen molar-refractivity contribution in [3.8, 4) is 0 Å². The van der Waals surface area contributed by atoms with Gasteiger partial charge in [0.2, 0.25) is 11.8 Å². The van der Waals surface area contributed by atoms with Crippen LogP contribution in [0.25, 0.3) is 0 Å². The van der Waals surface area contributed by atoms with Crippen LogP contribution in [-0.4, -0.2) is 43.4 Å². The van der Waals surface area contributed by atoms with Gasteiger partial charge in [-0.25, -0.2) is 0 Å². The van der Waals surface area contributed by atoms with E-state index in [9.17, 15) is 9.59 Å². The average Bonchev–Trinajstić information content (AvgIpc) is 2.64. The van der Waals surface area contributed by atoms with Crippen molar-refractivity contribution < 1.29 is 9.59 Å². The van der Waals surface area contributed by atoms with Crippen molar-refractivity contribution in [1.29, 1.82) is 0 Å². The lowest BCUT2D eigenvalue weighted by Crippen LogP contribution is -2.44. The zero-order valence-corrected chi connectivity index (χ0v) is 16.8. The minimum absolute atomic E-state index is 0.0294. The number of carbonyl (C=O) groups is 2. The number of benzene rings is 2. The minimum atomic E-state index is -0.149. The molecule has 0 aliphatic carbocycles. The highest BCUT2D eigenvalue weighted by molar-refractivity contribution is 5.97.